The summed E-state index contributed by atoms with van der Waals surface area (Å²) in [6.07, 6.45) is 0. The molecule has 1 aliphatic rings. The molecule has 7 heteroatoms. The predicted octanol–water partition coefficient (Wildman–Crippen LogP) is 2.73. The van der Waals surface area contributed by atoms with Crippen LogP contribution in [-0.2, 0) is 11.3 Å². The summed E-state index contributed by atoms with van der Waals surface area (Å²) in [4.78, 5) is 27.4. The van der Waals surface area contributed by atoms with Crippen molar-refractivity contribution in [2.24, 2.45) is 0 Å². The highest BCUT2D eigenvalue weighted by Crippen LogP contribution is 2.23. The number of carbonyl (C=O) groups is 2. The minimum atomic E-state index is -0.423. The molecule has 26 heavy (non-hydrogen) atoms. The maximum Gasteiger partial charge on any atom is 0.289 e. The number of furan rings is 1. The van der Waals surface area contributed by atoms with Crippen molar-refractivity contribution in [2.75, 3.05) is 38.2 Å². The van der Waals surface area contributed by atoms with Crippen LogP contribution < -0.4 is 4.90 Å². The summed E-state index contributed by atoms with van der Waals surface area (Å²) >= 11 is 0. The van der Waals surface area contributed by atoms with Crippen LogP contribution in [0, 0.1) is 5.82 Å². The van der Waals surface area contributed by atoms with Gasteiger partial charge < -0.3 is 19.0 Å². The molecule has 0 spiro atoms. The number of ether oxygens (including phenoxy) is 1. The van der Waals surface area contributed by atoms with Crippen molar-refractivity contribution in [3.05, 3.63) is 53.2 Å². The van der Waals surface area contributed by atoms with E-state index in [1.165, 1.54) is 13.0 Å². The molecule has 0 radical (unpaired) electrons. The summed E-state index contributed by atoms with van der Waals surface area (Å²) in [7, 11) is 1.56. The molecule has 1 fully saturated rings. The van der Waals surface area contributed by atoms with Gasteiger partial charge in [-0.25, -0.2) is 4.39 Å². The lowest BCUT2D eigenvalue weighted by Gasteiger charge is -2.35. The van der Waals surface area contributed by atoms with E-state index in [4.69, 9.17) is 9.15 Å². The lowest BCUT2D eigenvalue weighted by molar-refractivity contribution is 0.0706. The van der Waals surface area contributed by atoms with Gasteiger partial charge in [-0.05, 0) is 37.3 Å². The molecule has 0 unspecified atom stereocenters. The van der Waals surface area contributed by atoms with E-state index >= 15 is 0 Å². The summed E-state index contributed by atoms with van der Waals surface area (Å²) in [5.74, 6) is 0.105. The standard InChI is InChI=1S/C19H21FN2O4/c1-13(23)14-3-5-17(16(20)11-14)21-7-9-22(10-8-21)19(24)18-6-4-15(26-18)12-25-2/h3-6,11H,7-10,12H2,1-2H3. The third kappa shape index (κ3) is 3.77. The van der Waals surface area contributed by atoms with Crippen molar-refractivity contribution in [1.82, 2.24) is 4.90 Å². The van der Waals surface area contributed by atoms with Crippen LogP contribution in [0.2, 0.25) is 0 Å². The quantitative estimate of drug-likeness (QED) is 0.767. The third-order valence-corrected chi connectivity index (χ3v) is 4.42. The number of halogens is 1. The number of benzene rings is 1. The fourth-order valence-electron chi connectivity index (χ4n) is 3.00. The van der Waals surface area contributed by atoms with Gasteiger partial charge in [-0.3, -0.25) is 9.59 Å². The Balaban J connectivity index is 1.63. The van der Waals surface area contributed by atoms with Crippen LogP contribution in [0.3, 0.4) is 0 Å². The largest absolute Gasteiger partial charge is 0.453 e. The van der Waals surface area contributed by atoms with E-state index in [0.717, 1.165) is 0 Å². The Bertz CT molecular complexity index is 810. The van der Waals surface area contributed by atoms with Crippen molar-refractivity contribution in [1.29, 1.82) is 0 Å². The SMILES string of the molecule is COCc1ccc(C(=O)N2CCN(c3ccc(C(C)=O)cc3F)CC2)o1. The lowest BCUT2D eigenvalue weighted by atomic mass is 10.1. The number of piperazine rings is 1. The number of rotatable bonds is 5. The molecule has 1 saturated heterocycles. The molecule has 1 amide bonds. The second-order valence-electron chi connectivity index (χ2n) is 6.20. The van der Waals surface area contributed by atoms with Crippen LogP contribution in [0.5, 0.6) is 0 Å². The van der Waals surface area contributed by atoms with E-state index in [9.17, 15) is 14.0 Å². The Morgan fingerprint density at radius 3 is 2.50 bits per heavy atom. The molecule has 0 aliphatic carbocycles. The van der Waals surface area contributed by atoms with E-state index < -0.39 is 5.82 Å². The van der Waals surface area contributed by atoms with Crippen LogP contribution >= 0.6 is 0 Å². The monoisotopic (exact) mass is 360 g/mol. The highest BCUT2D eigenvalue weighted by Gasteiger charge is 2.25. The molecular formula is C19H21FN2O4. The molecule has 1 aromatic heterocycles. The summed E-state index contributed by atoms with van der Waals surface area (Å²) in [5.41, 5.74) is 0.798. The number of hydrogen-bond acceptors (Lipinski definition) is 5. The van der Waals surface area contributed by atoms with E-state index in [1.807, 2.05) is 4.90 Å². The summed E-state index contributed by atoms with van der Waals surface area (Å²) in [5, 5.41) is 0. The molecule has 0 N–H and O–H groups in total. The zero-order valence-corrected chi connectivity index (χ0v) is 14.8. The van der Waals surface area contributed by atoms with Crippen LogP contribution in [0.15, 0.2) is 34.7 Å². The van der Waals surface area contributed by atoms with Gasteiger partial charge in [-0.2, -0.15) is 0 Å². The number of Topliss-reactive ketones (excluding diaryl/α,β-unsaturated/α-hetero) is 1. The first-order chi connectivity index (χ1) is 12.5. The number of hydrogen-bond donors (Lipinski definition) is 0. The highest BCUT2D eigenvalue weighted by atomic mass is 19.1. The van der Waals surface area contributed by atoms with Crippen molar-refractivity contribution in [3.63, 3.8) is 0 Å². The van der Waals surface area contributed by atoms with Gasteiger partial charge in [0.2, 0.25) is 0 Å². The van der Waals surface area contributed by atoms with Crippen LogP contribution in [-0.4, -0.2) is 49.9 Å². The van der Waals surface area contributed by atoms with Crippen LogP contribution in [0.4, 0.5) is 10.1 Å². The van der Waals surface area contributed by atoms with Gasteiger partial charge in [0, 0.05) is 38.9 Å². The maximum absolute atomic E-state index is 14.3. The first-order valence-electron chi connectivity index (χ1n) is 8.42. The fraction of sp³-hybridized carbons (Fsp3) is 0.368. The van der Waals surface area contributed by atoms with Gasteiger partial charge in [-0.1, -0.05) is 0 Å². The Morgan fingerprint density at radius 2 is 1.88 bits per heavy atom. The van der Waals surface area contributed by atoms with Crippen molar-refractivity contribution in [2.45, 2.75) is 13.5 Å². The highest BCUT2D eigenvalue weighted by molar-refractivity contribution is 5.94. The van der Waals surface area contributed by atoms with Gasteiger partial charge >= 0.3 is 0 Å². The van der Waals surface area contributed by atoms with Gasteiger partial charge in [0.1, 0.15) is 18.2 Å². The Hall–Kier alpha value is -2.67. The number of amides is 1. The minimum absolute atomic E-state index is 0.169. The van der Waals surface area contributed by atoms with Gasteiger partial charge in [0.25, 0.3) is 5.91 Å². The topological polar surface area (TPSA) is 63.0 Å². The molecule has 1 aromatic carbocycles. The molecule has 6 nitrogen and oxygen atoms in total. The number of carbonyl (C=O) groups excluding carboxylic acids is 2. The van der Waals surface area contributed by atoms with E-state index in [0.29, 0.717) is 49.8 Å². The van der Waals surface area contributed by atoms with E-state index in [1.54, 1.807) is 36.3 Å². The zero-order chi connectivity index (χ0) is 18.7. The summed E-state index contributed by atoms with van der Waals surface area (Å²) in [6.45, 7) is 3.67. The second kappa shape index (κ2) is 7.70. The van der Waals surface area contributed by atoms with Crippen molar-refractivity contribution < 1.29 is 23.1 Å². The Labute approximate surface area is 151 Å². The molecular weight excluding hydrogens is 339 g/mol. The number of nitrogens with zero attached hydrogens (tertiary/aromatic N) is 2. The van der Waals surface area contributed by atoms with Gasteiger partial charge in [0.15, 0.2) is 11.5 Å². The molecule has 0 saturated carbocycles. The third-order valence-electron chi connectivity index (χ3n) is 4.42. The lowest BCUT2D eigenvalue weighted by Crippen LogP contribution is -2.49. The normalized spacial score (nSPS) is 14.6. The Kier molecular flexibility index (Phi) is 5.37. The second-order valence-corrected chi connectivity index (χ2v) is 6.20. The average molecular weight is 360 g/mol. The molecule has 0 bridgehead atoms. The first kappa shape index (κ1) is 18.1. The maximum atomic E-state index is 14.3. The first-order valence-corrected chi connectivity index (χ1v) is 8.42. The molecule has 2 aromatic rings. The minimum Gasteiger partial charge on any atom is -0.453 e. The zero-order valence-electron chi connectivity index (χ0n) is 14.8. The van der Waals surface area contributed by atoms with Gasteiger partial charge in [0.05, 0.1) is 5.69 Å². The van der Waals surface area contributed by atoms with Crippen LogP contribution in [0.1, 0.15) is 33.6 Å². The smallest absolute Gasteiger partial charge is 0.289 e. The Morgan fingerprint density at radius 1 is 1.15 bits per heavy atom. The predicted molar refractivity (Wildman–Crippen MR) is 93.9 cm³/mol. The average Bonchev–Trinajstić information content (AvgIpc) is 3.10. The van der Waals surface area contributed by atoms with Crippen molar-refractivity contribution in [3.8, 4) is 0 Å². The number of methoxy groups -OCH3 is 1. The van der Waals surface area contributed by atoms with Crippen molar-refractivity contribution >= 4 is 17.4 Å². The van der Waals surface area contributed by atoms with Crippen LogP contribution in [0.25, 0.3) is 0 Å². The molecule has 138 valence electrons. The summed E-state index contributed by atoms with van der Waals surface area (Å²) in [6, 6.07) is 7.86. The molecule has 1 aliphatic heterocycles. The number of ketones is 1. The summed E-state index contributed by atoms with van der Waals surface area (Å²) < 4.78 is 24.8. The van der Waals surface area contributed by atoms with Gasteiger partial charge in [-0.15, -0.1) is 0 Å². The molecule has 2 heterocycles. The molecule has 0 atom stereocenters. The molecule has 3 rings (SSSR count). The fourth-order valence-corrected chi connectivity index (χ4v) is 3.00. The van der Waals surface area contributed by atoms with E-state index in [2.05, 4.69) is 0 Å². The van der Waals surface area contributed by atoms with E-state index in [-0.39, 0.29) is 17.5 Å². The number of anilines is 1.